The number of benzene rings is 1. The van der Waals surface area contributed by atoms with Crippen LogP contribution in [-0.2, 0) is 16.6 Å². The molecular formula is C14H14N4O3S2. The van der Waals surface area contributed by atoms with E-state index in [1.165, 1.54) is 5.38 Å². The topological polar surface area (TPSA) is 104 Å². The molecule has 0 saturated carbocycles. The zero-order chi connectivity index (χ0) is 16.4. The third-order valence-electron chi connectivity index (χ3n) is 3.03. The predicted molar refractivity (Wildman–Crippen MR) is 90.0 cm³/mol. The van der Waals surface area contributed by atoms with Crippen LogP contribution < -0.4 is 10.0 Å². The lowest BCUT2D eigenvalue weighted by Gasteiger charge is -2.01. The second-order valence-electron chi connectivity index (χ2n) is 4.98. The Labute approximate surface area is 136 Å². The molecule has 2 heterocycles. The van der Waals surface area contributed by atoms with Crippen LogP contribution in [0.1, 0.15) is 16.2 Å². The van der Waals surface area contributed by atoms with Gasteiger partial charge in [0.25, 0.3) is 5.91 Å². The molecule has 0 aliphatic carbocycles. The number of hydrogen-bond donors (Lipinski definition) is 3. The second kappa shape index (κ2) is 6.01. The van der Waals surface area contributed by atoms with Crippen molar-refractivity contribution in [2.24, 2.45) is 0 Å². The number of carbonyl (C=O) groups excluding carboxylic acids is 1. The summed E-state index contributed by atoms with van der Waals surface area (Å²) in [6.07, 6.45) is 1.03. The molecule has 23 heavy (non-hydrogen) atoms. The average molecular weight is 350 g/mol. The number of amides is 1. The minimum Gasteiger partial charge on any atom is -0.357 e. The number of para-hydroxylation sites is 1. The molecule has 3 rings (SSSR count). The van der Waals surface area contributed by atoms with Gasteiger partial charge in [-0.15, -0.1) is 11.3 Å². The summed E-state index contributed by atoms with van der Waals surface area (Å²) in [6, 6.07) is 9.80. The first-order chi connectivity index (χ1) is 10.9. The zero-order valence-corrected chi connectivity index (χ0v) is 13.8. The van der Waals surface area contributed by atoms with E-state index in [2.05, 4.69) is 20.0 Å². The van der Waals surface area contributed by atoms with E-state index in [1.54, 1.807) is 0 Å². The second-order valence-corrected chi connectivity index (χ2v) is 7.58. The van der Waals surface area contributed by atoms with Gasteiger partial charge in [0, 0.05) is 16.6 Å². The first-order valence-corrected chi connectivity index (χ1v) is 9.46. The molecule has 0 unspecified atom stereocenters. The Bertz CT molecular complexity index is 926. The van der Waals surface area contributed by atoms with Crippen LogP contribution in [0.3, 0.4) is 0 Å². The van der Waals surface area contributed by atoms with Crippen LogP contribution in [0, 0.1) is 0 Å². The van der Waals surface area contributed by atoms with Crippen molar-refractivity contribution in [1.82, 2.24) is 15.3 Å². The molecule has 0 atom stereocenters. The average Bonchev–Trinajstić information content (AvgIpc) is 3.09. The summed E-state index contributed by atoms with van der Waals surface area (Å²) < 4.78 is 24.5. The standard InChI is InChI=1S/C14H14N4O3S2/c1-23(20,21)18-14-17-12(8-22-14)13(19)15-7-10-6-9-4-2-3-5-11(9)16-10/h2-6,8,16H,7H2,1H3,(H,15,19)(H,17,18). The molecular weight excluding hydrogens is 336 g/mol. The van der Waals surface area contributed by atoms with Crippen LogP contribution in [0.25, 0.3) is 10.9 Å². The number of nitrogens with one attached hydrogen (secondary N) is 3. The third kappa shape index (κ3) is 3.88. The molecule has 120 valence electrons. The van der Waals surface area contributed by atoms with Crippen molar-refractivity contribution in [1.29, 1.82) is 0 Å². The molecule has 9 heteroatoms. The van der Waals surface area contributed by atoms with Crippen LogP contribution in [0.4, 0.5) is 5.13 Å². The van der Waals surface area contributed by atoms with Crippen LogP contribution in [0.15, 0.2) is 35.7 Å². The molecule has 0 spiro atoms. The molecule has 1 aromatic carbocycles. The number of thiazole rings is 1. The Balaban J connectivity index is 1.65. The van der Waals surface area contributed by atoms with Gasteiger partial charge < -0.3 is 10.3 Å². The van der Waals surface area contributed by atoms with Gasteiger partial charge >= 0.3 is 0 Å². The lowest BCUT2D eigenvalue weighted by Crippen LogP contribution is -2.23. The summed E-state index contributed by atoms with van der Waals surface area (Å²) in [5.41, 5.74) is 2.06. The molecule has 0 fully saturated rings. The summed E-state index contributed by atoms with van der Waals surface area (Å²) in [4.78, 5) is 19.2. The minimum atomic E-state index is -3.40. The van der Waals surface area contributed by atoms with E-state index in [9.17, 15) is 13.2 Å². The lowest BCUT2D eigenvalue weighted by atomic mass is 10.2. The Hall–Kier alpha value is -2.39. The molecule has 0 bridgehead atoms. The number of rotatable bonds is 5. The van der Waals surface area contributed by atoms with Crippen molar-refractivity contribution in [3.05, 3.63) is 47.1 Å². The first kappa shape index (κ1) is 15.5. The highest BCUT2D eigenvalue weighted by Crippen LogP contribution is 2.17. The number of fused-ring (bicyclic) bond motifs is 1. The molecule has 0 radical (unpaired) electrons. The Morgan fingerprint density at radius 3 is 2.87 bits per heavy atom. The lowest BCUT2D eigenvalue weighted by molar-refractivity contribution is 0.0946. The Kier molecular flexibility index (Phi) is 4.05. The predicted octanol–water partition coefficient (Wildman–Crippen LogP) is 1.93. The number of aromatic amines is 1. The molecule has 0 aliphatic rings. The van der Waals surface area contributed by atoms with Gasteiger partial charge in [0.15, 0.2) is 5.13 Å². The van der Waals surface area contributed by atoms with Gasteiger partial charge in [0.05, 0.1) is 12.8 Å². The maximum atomic E-state index is 12.1. The van der Waals surface area contributed by atoms with Crippen molar-refractivity contribution >= 4 is 43.3 Å². The van der Waals surface area contributed by atoms with E-state index < -0.39 is 10.0 Å². The monoisotopic (exact) mass is 350 g/mol. The molecule has 1 amide bonds. The van der Waals surface area contributed by atoms with Gasteiger partial charge in [-0.05, 0) is 17.5 Å². The summed E-state index contributed by atoms with van der Waals surface area (Å²) in [5.74, 6) is -0.360. The van der Waals surface area contributed by atoms with Crippen LogP contribution in [0.2, 0.25) is 0 Å². The van der Waals surface area contributed by atoms with Gasteiger partial charge in [0.1, 0.15) is 5.69 Å². The van der Waals surface area contributed by atoms with Gasteiger partial charge in [0.2, 0.25) is 10.0 Å². The van der Waals surface area contributed by atoms with Gasteiger partial charge in [-0.25, -0.2) is 13.4 Å². The highest BCUT2D eigenvalue weighted by molar-refractivity contribution is 7.92. The summed E-state index contributed by atoms with van der Waals surface area (Å²) in [5, 5.41) is 5.50. The van der Waals surface area contributed by atoms with Gasteiger partial charge in [-0.3, -0.25) is 9.52 Å². The van der Waals surface area contributed by atoms with Crippen molar-refractivity contribution < 1.29 is 13.2 Å². The smallest absolute Gasteiger partial charge is 0.271 e. The largest absolute Gasteiger partial charge is 0.357 e. The summed E-state index contributed by atoms with van der Waals surface area (Å²) in [7, 11) is -3.40. The van der Waals surface area contributed by atoms with E-state index in [0.717, 1.165) is 34.2 Å². The number of anilines is 1. The fourth-order valence-electron chi connectivity index (χ4n) is 2.08. The SMILES string of the molecule is CS(=O)(=O)Nc1nc(C(=O)NCc2cc3ccccc3[nH]2)cs1. The summed E-state index contributed by atoms with van der Waals surface area (Å²) in [6.45, 7) is 0.333. The highest BCUT2D eigenvalue weighted by Gasteiger charge is 2.13. The molecule has 3 N–H and O–H groups in total. The number of H-pyrrole nitrogens is 1. The number of nitrogens with zero attached hydrogens (tertiary/aromatic N) is 1. The maximum absolute atomic E-state index is 12.1. The van der Waals surface area contributed by atoms with Crippen molar-refractivity contribution in [2.45, 2.75) is 6.54 Å². The number of carbonyl (C=O) groups is 1. The van der Waals surface area contributed by atoms with E-state index in [0.29, 0.717) is 6.54 Å². The van der Waals surface area contributed by atoms with E-state index in [-0.39, 0.29) is 16.7 Å². The van der Waals surface area contributed by atoms with E-state index >= 15 is 0 Å². The highest BCUT2D eigenvalue weighted by atomic mass is 32.2. The Morgan fingerprint density at radius 1 is 1.35 bits per heavy atom. The van der Waals surface area contributed by atoms with Crippen LogP contribution >= 0.6 is 11.3 Å². The molecule has 3 aromatic rings. The Morgan fingerprint density at radius 2 is 2.13 bits per heavy atom. The maximum Gasteiger partial charge on any atom is 0.271 e. The van der Waals surface area contributed by atoms with Gasteiger partial charge in [-0.1, -0.05) is 18.2 Å². The zero-order valence-electron chi connectivity index (χ0n) is 12.2. The molecule has 2 aromatic heterocycles. The minimum absolute atomic E-state index is 0.170. The first-order valence-electron chi connectivity index (χ1n) is 6.69. The van der Waals surface area contributed by atoms with E-state index in [1.807, 2.05) is 30.3 Å². The van der Waals surface area contributed by atoms with Crippen molar-refractivity contribution in [3.63, 3.8) is 0 Å². The summed E-state index contributed by atoms with van der Waals surface area (Å²) >= 11 is 1.06. The normalized spacial score (nSPS) is 11.5. The fourth-order valence-corrected chi connectivity index (χ4v) is 3.62. The quantitative estimate of drug-likeness (QED) is 0.654. The van der Waals surface area contributed by atoms with Crippen molar-refractivity contribution in [2.75, 3.05) is 11.0 Å². The van der Waals surface area contributed by atoms with Crippen LogP contribution in [-0.4, -0.2) is 30.5 Å². The van der Waals surface area contributed by atoms with Crippen molar-refractivity contribution in [3.8, 4) is 0 Å². The third-order valence-corrected chi connectivity index (χ3v) is 4.49. The molecule has 0 aliphatic heterocycles. The molecule has 0 saturated heterocycles. The number of aromatic nitrogens is 2. The van der Waals surface area contributed by atoms with E-state index in [4.69, 9.17) is 0 Å². The fraction of sp³-hybridized carbons (Fsp3) is 0.143. The number of hydrogen-bond acceptors (Lipinski definition) is 5. The molecule has 7 nitrogen and oxygen atoms in total. The number of sulfonamides is 1. The van der Waals surface area contributed by atoms with Crippen LogP contribution in [0.5, 0.6) is 0 Å². The van der Waals surface area contributed by atoms with Gasteiger partial charge in [-0.2, -0.15) is 0 Å².